The van der Waals surface area contributed by atoms with Gasteiger partial charge in [0, 0.05) is 26.0 Å². The Bertz CT molecular complexity index is 325. The lowest BCUT2D eigenvalue weighted by Gasteiger charge is -2.22. The second-order valence-electron chi connectivity index (χ2n) is 4.02. The first-order valence-electron chi connectivity index (χ1n) is 5.74. The SMILES string of the molecule is NCc1ncccc1OCC1CCOCC1. The first-order chi connectivity index (χ1) is 7.90. The fraction of sp³-hybridized carbons (Fsp3) is 0.583. The summed E-state index contributed by atoms with van der Waals surface area (Å²) < 4.78 is 11.1. The van der Waals surface area contributed by atoms with Crippen molar-refractivity contribution in [2.24, 2.45) is 11.7 Å². The zero-order chi connectivity index (χ0) is 11.2. The van der Waals surface area contributed by atoms with E-state index in [1.807, 2.05) is 12.1 Å². The van der Waals surface area contributed by atoms with Crippen LogP contribution in [0.4, 0.5) is 0 Å². The maximum atomic E-state index is 5.77. The third-order valence-electron chi connectivity index (χ3n) is 2.86. The van der Waals surface area contributed by atoms with E-state index in [0.29, 0.717) is 12.5 Å². The monoisotopic (exact) mass is 222 g/mol. The van der Waals surface area contributed by atoms with Crippen LogP contribution in [0.25, 0.3) is 0 Å². The summed E-state index contributed by atoms with van der Waals surface area (Å²) in [4.78, 5) is 4.19. The maximum absolute atomic E-state index is 5.77. The Hall–Kier alpha value is -1.13. The van der Waals surface area contributed by atoms with Crippen molar-refractivity contribution in [2.45, 2.75) is 19.4 Å². The number of pyridine rings is 1. The van der Waals surface area contributed by atoms with Crippen molar-refractivity contribution in [2.75, 3.05) is 19.8 Å². The molecule has 2 rings (SSSR count). The molecule has 4 nitrogen and oxygen atoms in total. The fourth-order valence-electron chi connectivity index (χ4n) is 1.83. The van der Waals surface area contributed by atoms with Crippen molar-refractivity contribution in [3.63, 3.8) is 0 Å². The number of rotatable bonds is 4. The molecule has 1 aliphatic heterocycles. The molecule has 0 aliphatic carbocycles. The Morgan fingerprint density at radius 2 is 2.25 bits per heavy atom. The zero-order valence-corrected chi connectivity index (χ0v) is 9.39. The van der Waals surface area contributed by atoms with Gasteiger partial charge in [-0.2, -0.15) is 0 Å². The second kappa shape index (κ2) is 5.82. The smallest absolute Gasteiger partial charge is 0.142 e. The van der Waals surface area contributed by atoms with E-state index in [0.717, 1.165) is 44.1 Å². The molecule has 2 N–H and O–H groups in total. The summed E-state index contributed by atoms with van der Waals surface area (Å²) in [7, 11) is 0. The Labute approximate surface area is 95.8 Å². The number of nitrogens with two attached hydrogens (primary N) is 1. The minimum atomic E-state index is 0.421. The average molecular weight is 222 g/mol. The van der Waals surface area contributed by atoms with Gasteiger partial charge in [-0.25, -0.2) is 0 Å². The van der Waals surface area contributed by atoms with Gasteiger partial charge < -0.3 is 15.2 Å². The summed E-state index contributed by atoms with van der Waals surface area (Å²) in [6.45, 7) is 2.86. The average Bonchev–Trinajstić information content (AvgIpc) is 2.38. The van der Waals surface area contributed by atoms with Crippen LogP contribution >= 0.6 is 0 Å². The van der Waals surface area contributed by atoms with E-state index in [-0.39, 0.29) is 0 Å². The van der Waals surface area contributed by atoms with Crippen LogP contribution in [0.1, 0.15) is 18.5 Å². The van der Waals surface area contributed by atoms with Crippen LogP contribution in [0, 0.1) is 5.92 Å². The normalized spacial score (nSPS) is 17.3. The molecule has 88 valence electrons. The predicted molar refractivity (Wildman–Crippen MR) is 61.2 cm³/mol. The third-order valence-corrected chi connectivity index (χ3v) is 2.86. The van der Waals surface area contributed by atoms with Crippen molar-refractivity contribution < 1.29 is 9.47 Å². The standard InChI is InChI=1S/C12H18N2O2/c13-8-11-12(2-1-5-14-11)16-9-10-3-6-15-7-4-10/h1-2,5,10H,3-4,6-9,13H2. The van der Waals surface area contributed by atoms with Gasteiger partial charge in [-0.1, -0.05) is 0 Å². The van der Waals surface area contributed by atoms with Crippen LogP contribution in [-0.2, 0) is 11.3 Å². The molecule has 0 aromatic carbocycles. The predicted octanol–water partition coefficient (Wildman–Crippen LogP) is 1.35. The van der Waals surface area contributed by atoms with E-state index in [1.54, 1.807) is 6.20 Å². The molecule has 0 saturated carbocycles. The molecule has 0 amide bonds. The minimum absolute atomic E-state index is 0.421. The van der Waals surface area contributed by atoms with Gasteiger partial charge in [0.15, 0.2) is 0 Å². The Morgan fingerprint density at radius 1 is 1.44 bits per heavy atom. The molecule has 1 fully saturated rings. The highest BCUT2D eigenvalue weighted by Gasteiger charge is 2.15. The minimum Gasteiger partial charge on any atom is -0.491 e. The van der Waals surface area contributed by atoms with Gasteiger partial charge in [0.05, 0.1) is 12.3 Å². The quantitative estimate of drug-likeness (QED) is 0.835. The van der Waals surface area contributed by atoms with Gasteiger partial charge in [-0.15, -0.1) is 0 Å². The molecule has 4 heteroatoms. The van der Waals surface area contributed by atoms with Crippen LogP contribution in [0.2, 0.25) is 0 Å². The largest absolute Gasteiger partial charge is 0.491 e. The molecule has 0 atom stereocenters. The van der Waals surface area contributed by atoms with Gasteiger partial charge in [-0.3, -0.25) is 4.98 Å². The molecule has 1 aromatic rings. The van der Waals surface area contributed by atoms with Gasteiger partial charge in [0.2, 0.25) is 0 Å². The first kappa shape index (κ1) is 11.4. The van der Waals surface area contributed by atoms with E-state index in [4.69, 9.17) is 15.2 Å². The van der Waals surface area contributed by atoms with Crippen molar-refractivity contribution in [3.8, 4) is 5.75 Å². The molecule has 0 radical (unpaired) electrons. The Balaban J connectivity index is 1.88. The lowest BCUT2D eigenvalue weighted by molar-refractivity contribution is 0.0495. The van der Waals surface area contributed by atoms with E-state index in [9.17, 15) is 0 Å². The van der Waals surface area contributed by atoms with Crippen molar-refractivity contribution >= 4 is 0 Å². The number of hydrogen-bond acceptors (Lipinski definition) is 4. The van der Waals surface area contributed by atoms with E-state index in [2.05, 4.69) is 4.98 Å². The van der Waals surface area contributed by atoms with Crippen LogP contribution in [0.3, 0.4) is 0 Å². The molecule has 0 unspecified atom stereocenters. The summed E-state index contributed by atoms with van der Waals surface area (Å²) in [6, 6.07) is 3.80. The number of aromatic nitrogens is 1. The van der Waals surface area contributed by atoms with Crippen molar-refractivity contribution in [1.82, 2.24) is 4.98 Å². The molecule has 1 aliphatic rings. The highest BCUT2D eigenvalue weighted by atomic mass is 16.5. The number of hydrogen-bond donors (Lipinski definition) is 1. The number of ether oxygens (including phenoxy) is 2. The Kier molecular flexibility index (Phi) is 4.13. The molecular weight excluding hydrogens is 204 g/mol. The summed E-state index contributed by atoms with van der Waals surface area (Å²) in [5, 5.41) is 0. The van der Waals surface area contributed by atoms with Crippen LogP contribution in [0.5, 0.6) is 5.75 Å². The topological polar surface area (TPSA) is 57.4 Å². The zero-order valence-electron chi connectivity index (χ0n) is 9.39. The molecule has 1 aromatic heterocycles. The van der Waals surface area contributed by atoms with E-state index >= 15 is 0 Å². The van der Waals surface area contributed by atoms with Crippen LogP contribution in [-0.4, -0.2) is 24.8 Å². The van der Waals surface area contributed by atoms with Crippen LogP contribution < -0.4 is 10.5 Å². The molecule has 1 saturated heterocycles. The highest BCUT2D eigenvalue weighted by molar-refractivity contribution is 5.26. The van der Waals surface area contributed by atoms with E-state index in [1.165, 1.54) is 0 Å². The van der Waals surface area contributed by atoms with Gasteiger partial charge in [-0.05, 0) is 30.9 Å². The molecule has 0 spiro atoms. The molecule has 2 heterocycles. The fourth-order valence-corrected chi connectivity index (χ4v) is 1.83. The third kappa shape index (κ3) is 2.93. The lowest BCUT2D eigenvalue weighted by Crippen LogP contribution is -2.22. The molecule has 16 heavy (non-hydrogen) atoms. The van der Waals surface area contributed by atoms with E-state index < -0.39 is 0 Å². The lowest BCUT2D eigenvalue weighted by atomic mass is 10.0. The molecule has 0 bridgehead atoms. The highest BCUT2D eigenvalue weighted by Crippen LogP contribution is 2.19. The van der Waals surface area contributed by atoms with Crippen molar-refractivity contribution in [1.29, 1.82) is 0 Å². The summed E-state index contributed by atoms with van der Waals surface area (Å²) in [6.07, 6.45) is 3.90. The Morgan fingerprint density at radius 3 is 3.00 bits per heavy atom. The summed E-state index contributed by atoms with van der Waals surface area (Å²) in [5.41, 5.74) is 6.43. The van der Waals surface area contributed by atoms with Gasteiger partial charge >= 0.3 is 0 Å². The van der Waals surface area contributed by atoms with Gasteiger partial charge in [0.25, 0.3) is 0 Å². The maximum Gasteiger partial charge on any atom is 0.142 e. The second-order valence-corrected chi connectivity index (χ2v) is 4.02. The molecular formula is C12H18N2O2. The number of nitrogens with zero attached hydrogens (tertiary/aromatic N) is 1. The van der Waals surface area contributed by atoms with Crippen molar-refractivity contribution in [3.05, 3.63) is 24.0 Å². The summed E-state index contributed by atoms with van der Waals surface area (Å²) >= 11 is 0. The summed E-state index contributed by atoms with van der Waals surface area (Å²) in [5.74, 6) is 1.41. The van der Waals surface area contributed by atoms with Gasteiger partial charge in [0.1, 0.15) is 5.75 Å². The van der Waals surface area contributed by atoms with Crippen LogP contribution in [0.15, 0.2) is 18.3 Å². The first-order valence-corrected chi connectivity index (χ1v) is 5.74.